The van der Waals surface area contributed by atoms with Crippen LogP contribution in [0.2, 0.25) is 0 Å². The second-order valence-corrected chi connectivity index (χ2v) is 4.15. The lowest BCUT2D eigenvalue weighted by Gasteiger charge is -2.18. The van der Waals surface area contributed by atoms with E-state index in [1.165, 1.54) is 0 Å². The van der Waals surface area contributed by atoms with Crippen molar-refractivity contribution in [3.05, 3.63) is 41.4 Å². The fraction of sp³-hybridized carbons (Fsp3) is 0.231. The van der Waals surface area contributed by atoms with E-state index in [1.807, 2.05) is 6.07 Å². The van der Waals surface area contributed by atoms with Crippen LogP contribution < -0.4 is 0 Å². The molecule has 0 atom stereocenters. The van der Waals surface area contributed by atoms with E-state index in [0.717, 1.165) is 0 Å². The summed E-state index contributed by atoms with van der Waals surface area (Å²) in [4.78, 5) is 11.4. The van der Waals surface area contributed by atoms with E-state index < -0.39 is 11.6 Å². The van der Waals surface area contributed by atoms with Gasteiger partial charge >= 0.3 is 5.97 Å². The highest BCUT2D eigenvalue weighted by Gasteiger charge is 2.39. The first-order valence-corrected chi connectivity index (χ1v) is 5.14. The van der Waals surface area contributed by atoms with Crippen LogP contribution in [0.1, 0.15) is 19.6 Å². The highest BCUT2D eigenvalue weighted by atomic mass is 16.6. The Hall–Kier alpha value is -2.28. The van der Waals surface area contributed by atoms with Crippen molar-refractivity contribution in [2.75, 3.05) is 0 Å². The van der Waals surface area contributed by atoms with Crippen LogP contribution in [0.15, 0.2) is 40.0 Å². The SMILES string of the molecule is CC1(C)OC(=O)C(C#N)=C1/C=C\c1ccco1. The van der Waals surface area contributed by atoms with Gasteiger partial charge in [0.05, 0.1) is 6.26 Å². The molecule has 0 bridgehead atoms. The van der Waals surface area contributed by atoms with Crippen LogP contribution in [0.4, 0.5) is 0 Å². The molecule has 0 fully saturated rings. The maximum Gasteiger partial charge on any atom is 0.350 e. The number of carbonyl (C=O) groups is 1. The molecule has 2 heterocycles. The Balaban J connectivity index is 2.38. The van der Waals surface area contributed by atoms with Gasteiger partial charge in [0.2, 0.25) is 0 Å². The maximum absolute atomic E-state index is 11.4. The summed E-state index contributed by atoms with van der Waals surface area (Å²) >= 11 is 0. The zero-order valence-corrected chi connectivity index (χ0v) is 9.56. The maximum atomic E-state index is 11.4. The zero-order chi connectivity index (χ0) is 12.5. The first-order chi connectivity index (χ1) is 8.04. The summed E-state index contributed by atoms with van der Waals surface area (Å²) in [5.74, 6) is 0.0848. The Morgan fingerprint density at radius 3 is 2.76 bits per heavy atom. The Bertz CT molecular complexity index is 542. The highest BCUT2D eigenvalue weighted by molar-refractivity contribution is 5.98. The lowest BCUT2D eigenvalue weighted by molar-refractivity contribution is -0.144. The molecule has 1 aliphatic heterocycles. The molecule has 0 amide bonds. The number of nitriles is 1. The van der Waals surface area contributed by atoms with Gasteiger partial charge in [0, 0.05) is 5.57 Å². The number of hydrogen-bond donors (Lipinski definition) is 0. The monoisotopic (exact) mass is 229 g/mol. The number of hydrogen-bond acceptors (Lipinski definition) is 4. The van der Waals surface area contributed by atoms with Gasteiger partial charge in [-0.25, -0.2) is 4.79 Å². The fourth-order valence-corrected chi connectivity index (χ4v) is 1.69. The van der Waals surface area contributed by atoms with Gasteiger partial charge in [0.25, 0.3) is 0 Å². The molecule has 0 saturated carbocycles. The van der Waals surface area contributed by atoms with Crippen molar-refractivity contribution in [2.45, 2.75) is 19.4 Å². The van der Waals surface area contributed by atoms with Crippen LogP contribution in [0.5, 0.6) is 0 Å². The summed E-state index contributed by atoms with van der Waals surface area (Å²) in [6, 6.07) is 5.42. The van der Waals surface area contributed by atoms with Crippen molar-refractivity contribution in [3.8, 4) is 6.07 Å². The van der Waals surface area contributed by atoms with E-state index in [1.54, 1.807) is 44.4 Å². The number of furan rings is 1. The zero-order valence-electron chi connectivity index (χ0n) is 9.56. The Morgan fingerprint density at radius 2 is 2.18 bits per heavy atom. The Kier molecular flexibility index (Phi) is 2.60. The van der Waals surface area contributed by atoms with Crippen LogP contribution in [0.25, 0.3) is 6.08 Å². The Morgan fingerprint density at radius 1 is 1.41 bits per heavy atom. The van der Waals surface area contributed by atoms with E-state index in [2.05, 4.69) is 0 Å². The minimum Gasteiger partial charge on any atom is -0.465 e. The van der Waals surface area contributed by atoms with E-state index in [-0.39, 0.29) is 5.57 Å². The molecule has 1 aliphatic rings. The van der Waals surface area contributed by atoms with Gasteiger partial charge in [-0.3, -0.25) is 0 Å². The van der Waals surface area contributed by atoms with Crippen molar-refractivity contribution in [1.29, 1.82) is 5.26 Å². The van der Waals surface area contributed by atoms with Crippen molar-refractivity contribution in [2.24, 2.45) is 0 Å². The number of esters is 1. The van der Waals surface area contributed by atoms with E-state index in [9.17, 15) is 4.79 Å². The summed E-state index contributed by atoms with van der Waals surface area (Å²) in [6.07, 6.45) is 4.94. The van der Waals surface area contributed by atoms with E-state index in [4.69, 9.17) is 14.4 Å². The third-order valence-electron chi connectivity index (χ3n) is 2.54. The Labute approximate surface area is 98.8 Å². The third-order valence-corrected chi connectivity index (χ3v) is 2.54. The summed E-state index contributed by atoms with van der Waals surface area (Å²) in [5, 5.41) is 8.93. The normalized spacial score (nSPS) is 18.5. The molecule has 0 N–H and O–H groups in total. The smallest absolute Gasteiger partial charge is 0.350 e. The molecule has 17 heavy (non-hydrogen) atoms. The van der Waals surface area contributed by atoms with Gasteiger partial charge < -0.3 is 9.15 Å². The minimum absolute atomic E-state index is 0.0535. The second kappa shape index (κ2) is 3.95. The van der Waals surface area contributed by atoms with Crippen molar-refractivity contribution < 1.29 is 13.9 Å². The van der Waals surface area contributed by atoms with Gasteiger partial charge in [-0.05, 0) is 38.1 Å². The fourth-order valence-electron chi connectivity index (χ4n) is 1.69. The molecule has 4 nitrogen and oxygen atoms in total. The van der Waals surface area contributed by atoms with Crippen LogP contribution >= 0.6 is 0 Å². The van der Waals surface area contributed by atoms with Gasteiger partial charge in [0.1, 0.15) is 23.0 Å². The second-order valence-electron chi connectivity index (χ2n) is 4.15. The molecule has 1 aromatic rings. The largest absolute Gasteiger partial charge is 0.465 e. The van der Waals surface area contributed by atoms with E-state index >= 15 is 0 Å². The predicted molar refractivity (Wildman–Crippen MR) is 60.6 cm³/mol. The molecule has 0 aliphatic carbocycles. The molecule has 0 spiro atoms. The summed E-state index contributed by atoms with van der Waals surface area (Å²) in [5.41, 5.74) is -0.148. The van der Waals surface area contributed by atoms with Gasteiger partial charge in [0.15, 0.2) is 0 Å². The number of cyclic esters (lactones) is 1. The van der Waals surface area contributed by atoms with Gasteiger partial charge in [-0.1, -0.05) is 0 Å². The quantitative estimate of drug-likeness (QED) is 0.730. The molecule has 0 aromatic carbocycles. The predicted octanol–water partition coefficient (Wildman–Crippen LogP) is 2.45. The first-order valence-electron chi connectivity index (χ1n) is 5.14. The number of carbonyl (C=O) groups excluding carboxylic acids is 1. The van der Waals surface area contributed by atoms with Crippen LogP contribution in [0, 0.1) is 11.3 Å². The number of ether oxygens (including phenoxy) is 1. The lowest BCUT2D eigenvalue weighted by Crippen LogP contribution is -2.22. The van der Waals surface area contributed by atoms with Crippen LogP contribution in [-0.4, -0.2) is 11.6 Å². The lowest BCUT2D eigenvalue weighted by atomic mass is 9.95. The highest BCUT2D eigenvalue weighted by Crippen LogP contribution is 2.33. The number of nitrogens with zero attached hydrogens (tertiary/aromatic N) is 1. The van der Waals surface area contributed by atoms with Crippen molar-refractivity contribution >= 4 is 12.0 Å². The first kappa shape index (κ1) is 11.2. The molecule has 0 radical (unpaired) electrons. The van der Waals surface area contributed by atoms with Gasteiger partial charge in [-0.15, -0.1) is 0 Å². The molecule has 86 valence electrons. The van der Waals surface area contributed by atoms with E-state index in [0.29, 0.717) is 11.3 Å². The summed E-state index contributed by atoms with van der Waals surface area (Å²) in [6.45, 7) is 3.49. The molecule has 1 aromatic heterocycles. The minimum atomic E-state index is -0.773. The number of rotatable bonds is 2. The summed E-state index contributed by atoms with van der Waals surface area (Å²) in [7, 11) is 0. The van der Waals surface area contributed by atoms with Gasteiger partial charge in [-0.2, -0.15) is 5.26 Å². The molecule has 0 unspecified atom stereocenters. The van der Waals surface area contributed by atoms with Crippen molar-refractivity contribution in [1.82, 2.24) is 0 Å². The molecule has 4 heteroatoms. The molecular weight excluding hydrogens is 218 g/mol. The van der Waals surface area contributed by atoms with Crippen LogP contribution in [0.3, 0.4) is 0 Å². The average molecular weight is 229 g/mol. The average Bonchev–Trinajstić information content (AvgIpc) is 2.81. The molecule has 0 saturated heterocycles. The third kappa shape index (κ3) is 2.00. The molecular formula is C13H11NO3. The van der Waals surface area contributed by atoms with Crippen molar-refractivity contribution in [3.63, 3.8) is 0 Å². The van der Waals surface area contributed by atoms with Crippen LogP contribution in [-0.2, 0) is 9.53 Å². The molecule has 2 rings (SSSR count). The topological polar surface area (TPSA) is 63.2 Å². The summed E-state index contributed by atoms with van der Waals surface area (Å²) < 4.78 is 10.3. The standard InChI is InChI=1S/C13H11NO3/c1-13(2)11(10(8-14)12(15)17-13)6-5-9-4-3-7-16-9/h3-7H,1-2H3/b6-5-.